The molecule has 8 aliphatic rings. The molecule has 1 aliphatic carbocycles. The number of hydrogen-bond donors (Lipinski definition) is 2. The molecule has 7 heterocycles. The van der Waals surface area contributed by atoms with E-state index in [2.05, 4.69) is 78.7 Å². The first kappa shape index (κ1) is 28.1. The Kier molecular flexibility index (Phi) is 5.74. The Morgan fingerprint density at radius 1 is 1.15 bits per heavy atom. The van der Waals surface area contributed by atoms with Gasteiger partial charge in [-0.15, -0.1) is 0 Å². The molecule has 1 unspecified atom stereocenters. The molecule has 2 aromatic carbocycles. The molecular weight excluding hydrogens is 584 g/mol. The molecule has 10 rings (SSSR count). The van der Waals surface area contributed by atoms with Crippen LogP contribution in [0.15, 0.2) is 106 Å². The molecule has 2 N–H and O–H groups in total. The number of nitrogens with zero attached hydrogens (tertiary/aromatic N) is 4. The van der Waals surface area contributed by atoms with Crippen molar-refractivity contribution in [2.45, 2.75) is 56.2 Å². The van der Waals surface area contributed by atoms with Crippen LogP contribution in [0.4, 0.5) is 5.69 Å². The summed E-state index contributed by atoms with van der Waals surface area (Å²) in [6.45, 7) is 5.27. The SMILES string of the molecule is CCC1=CN2CCC3=c4c(OC)cccc4=NC3=C2C=C1C1=CN2c3ccccc3[C@]34CC[N+]5(C)C/C(=C\CO)[C@H](C[C@@H]35)[C@@H]([C@@H]1O)[C@H]24. The van der Waals surface area contributed by atoms with E-state index in [1.165, 1.54) is 28.0 Å². The lowest BCUT2D eigenvalue weighted by Crippen LogP contribution is -2.70. The van der Waals surface area contributed by atoms with Crippen molar-refractivity contribution in [3.05, 3.63) is 117 Å². The number of likely N-dealkylation sites (N-methyl/N-ethyl adjacent to an activating group) is 1. The minimum Gasteiger partial charge on any atom is -0.496 e. The molecule has 0 amide bonds. The number of hydrogen-bond acceptors (Lipinski definition) is 6. The summed E-state index contributed by atoms with van der Waals surface area (Å²) in [4.78, 5) is 10.1. The molecule has 0 radical (unpaired) electrons. The fourth-order valence-corrected chi connectivity index (χ4v) is 11.6. The maximum atomic E-state index is 12.8. The summed E-state index contributed by atoms with van der Waals surface area (Å²) in [5.74, 6) is 1.16. The average Bonchev–Trinajstić information content (AvgIpc) is 3.73. The van der Waals surface area contributed by atoms with E-state index in [9.17, 15) is 10.2 Å². The minimum atomic E-state index is -0.615. The molecule has 2 saturated heterocycles. The average molecular weight is 628 g/mol. The number of methoxy groups -OCH3 is 1. The van der Waals surface area contributed by atoms with E-state index in [-0.39, 0.29) is 29.9 Å². The van der Waals surface area contributed by atoms with Crippen molar-refractivity contribution >= 4 is 11.3 Å². The Labute approximate surface area is 276 Å². The number of rotatable bonds is 4. The highest BCUT2D eigenvalue weighted by molar-refractivity contribution is 5.75. The van der Waals surface area contributed by atoms with Crippen molar-refractivity contribution in [3.8, 4) is 5.75 Å². The van der Waals surface area contributed by atoms with E-state index in [1.54, 1.807) is 7.11 Å². The predicted molar refractivity (Wildman–Crippen MR) is 182 cm³/mol. The van der Waals surface area contributed by atoms with Gasteiger partial charge in [-0.2, -0.15) is 0 Å². The smallest absolute Gasteiger partial charge is 0.128 e. The van der Waals surface area contributed by atoms with Gasteiger partial charge in [-0.25, -0.2) is 4.99 Å². The number of aliphatic hydroxyl groups is 2. The zero-order chi connectivity index (χ0) is 31.8. The summed E-state index contributed by atoms with van der Waals surface area (Å²) in [5.41, 5.74) is 10.9. The number of fused-ring (bicyclic) bond motifs is 7. The molecule has 2 bridgehead atoms. The Bertz CT molecular complexity index is 2060. The standard InChI is InChI=1S/C40H43N4O3/c1-4-23-20-42-15-12-25-35-30(9-7-11-33(35)47-3)41-37(25)32(42)18-26(23)28-21-43-31-10-6-5-8-29(31)40-14-16-44(2)22-24(13-17-45)27(19-34(40)44)36(38(28)46)39(40)43/h5-11,13,18,20-21,27,34,36,38-39,45-46H,4,12,14-17,19,22H2,1-3H3/q+1/b24-13+/t27-,34-,36-,38+,39-,40+,44?/m0/s1. The van der Waals surface area contributed by atoms with Gasteiger partial charge in [-0.05, 0) is 70.9 Å². The van der Waals surface area contributed by atoms with Gasteiger partial charge in [0.2, 0.25) is 0 Å². The molecule has 240 valence electrons. The first-order chi connectivity index (χ1) is 22.9. The van der Waals surface area contributed by atoms with Crippen LogP contribution in [0.3, 0.4) is 0 Å². The van der Waals surface area contributed by atoms with E-state index < -0.39 is 6.10 Å². The van der Waals surface area contributed by atoms with Gasteiger partial charge in [-0.1, -0.05) is 37.3 Å². The summed E-state index contributed by atoms with van der Waals surface area (Å²) < 4.78 is 6.82. The fourth-order valence-electron chi connectivity index (χ4n) is 11.6. The van der Waals surface area contributed by atoms with Crippen molar-refractivity contribution in [2.24, 2.45) is 16.8 Å². The van der Waals surface area contributed by atoms with Gasteiger partial charge in [0.1, 0.15) is 18.3 Å². The van der Waals surface area contributed by atoms with Crippen LogP contribution in [0, 0.1) is 11.8 Å². The van der Waals surface area contributed by atoms with Crippen molar-refractivity contribution in [1.82, 2.24) is 4.90 Å². The summed E-state index contributed by atoms with van der Waals surface area (Å²) in [7, 11) is 4.18. The molecule has 1 saturated carbocycles. The number of quaternary nitrogens is 1. The largest absolute Gasteiger partial charge is 0.496 e. The van der Waals surface area contributed by atoms with Gasteiger partial charge < -0.3 is 29.2 Å². The topological polar surface area (TPSA) is 68.5 Å². The van der Waals surface area contributed by atoms with Crippen LogP contribution in [0.5, 0.6) is 5.75 Å². The number of para-hydroxylation sites is 1. The van der Waals surface area contributed by atoms with Gasteiger partial charge >= 0.3 is 0 Å². The second-order valence-electron chi connectivity index (χ2n) is 15.1. The molecule has 2 aromatic rings. The summed E-state index contributed by atoms with van der Waals surface area (Å²) >= 11 is 0. The Morgan fingerprint density at radius 3 is 2.85 bits per heavy atom. The Hall–Kier alpha value is -3.91. The maximum Gasteiger partial charge on any atom is 0.128 e. The molecule has 1 spiro atoms. The molecule has 7 nitrogen and oxygen atoms in total. The Balaban J connectivity index is 1.18. The normalized spacial score (nSPS) is 36.2. The predicted octanol–water partition coefficient (Wildman–Crippen LogP) is 3.80. The lowest BCUT2D eigenvalue weighted by Gasteiger charge is -2.60. The molecule has 7 heteroatoms. The quantitative estimate of drug-likeness (QED) is 0.399. The highest BCUT2D eigenvalue weighted by Gasteiger charge is 2.74. The third kappa shape index (κ3) is 3.40. The van der Waals surface area contributed by atoms with Crippen LogP contribution in [0.25, 0.3) is 5.57 Å². The van der Waals surface area contributed by atoms with Gasteiger partial charge in [0, 0.05) is 54.2 Å². The lowest BCUT2D eigenvalue weighted by atomic mass is 9.52. The molecule has 3 fully saturated rings. The third-order valence-electron chi connectivity index (χ3n) is 13.4. The molecule has 47 heavy (non-hydrogen) atoms. The van der Waals surface area contributed by atoms with Crippen molar-refractivity contribution in [1.29, 1.82) is 0 Å². The highest BCUT2D eigenvalue weighted by atomic mass is 16.5. The fraction of sp³-hybridized carbons (Fsp3) is 0.425. The van der Waals surface area contributed by atoms with E-state index in [0.717, 1.165) is 88.7 Å². The number of aliphatic hydroxyl groups excluding tert-OH is 2. The minimum absolute atomic E-state index is 0.0207. The number of allylic oxidation sites excluding steroid dienone is 3. The Morgan fingerprint density at radius 2 is 2.02 bits per heavy atom. The van der Waals surface area contributed by atoms with Gasteiger partial charge in [0.15, 0.2) is 0 Å². The number of benzene rings is 2. The van der Waals surface area contributed by atoms with E-state index in [1.807, 2.05) is 12.1 Å². The third-order valence-corrected chi connectivity index (χ3v) is 13.4. The van der Waals surface area contributed by atoms with Crippen LogP contribution in [0.1, 0.15) is 38.2 Å². The molecule has 7 atom stereocenters. The molecular formula is C40H43N4O3+. The highest BCUT2D eigenvalue weighted by Crippen LogP contribution is 2.67. The van der Waals surface area contributed by atoms with Crippen molar-refractivity contribution in [2.75, 3.05) is 45.3 Å². The number of piperidine rings is 1. The zero-order valence-electron chi connectivity index (χ0n) is 27.5. The monoisotopic (exact) mass is 627 g/mol. The maximum absolute atomic E-state index is 12.8. The van der Waals surface area contributed by atoms with Gasteiger partial charge in [0.25, 0.3) is 0 Å². The van der Waals surface area contributed by atoms with Crippen molar-refractivity contribution < 1.29 is 19.4 Å². The van der Waals surface area contributed by atoms with E-state index in [4.69, 9.17) is 9.73 Å². The molecule has 7 aliphatic heterocycles. The van der Waals surface area contributed by atoms with Crippen LogP contribution >= 0.6 is 0 Å². The summed E-state index contributed by atoms with van der Waals surface area (Å²) in [6.07, 6.45) is 12.4. The van der Waals surface area contributed by atoms with E-state index in [0.29, 0.717) is 6.04 Å². The summed E-state index contributed by atoms with van der Waals surface area (Å²) in [5, 5.41) is 25.1. The number of anilines is 1. The van der Waals surface area contributed by atoms with Crippen LogP contribution in [-0.2, 0) is 5.41 Å². The first-order valence-electron chi connectivity index (χ1n) is 17.5. The van der Waals surface area contributed by atoms with Crippen molar-refractivity contribution in [3.63, 3.8) is 0 Å². The second kappa shape index (κ2) is 9.59. The van der Waals surface area contributed by atoms with Crippen LogP contribution in [0.2, 0.25) is 0 Å². The van der Waals surface area contributed by atoms with Crippen LogP contribution < -0.4 is 20.2 Å². The molecule has 0 aromatic heterocycles. The number of ether oxygens (including phenoxy) is 1. The summed E-state index contributed by atoms with van der Waals surface area (Å²) in [6, 6.07) is 15.9. The second-order valence-corrected chi connectivity index (χ2v) is 15.1. The zero-order valence-corrected chi connectivity index (χ0v) is 27.5. The van der Waals surface area contributed by atoms with Crippen LogP contribution in [-0.4, -0.2) is 78.2 Å². The van der Waals surface area contributed by atoms with Gasteiger partial charge in [-0.3, -0.25) is 0 Å². The van der Waals surface area contributed by atoms with E-state index >= 15 is 0 Å². The van der Waals surface area contributed by atoms with Gasteiger partial charge in [0.05, 0.1) is 61.6 Å². The lowest BCUT2D eigenvalue weighted by molar-refractivity contribution is -0.925. The first-order valence-corrected chi connectivity index (χ1v) is 17.5.